The van der Waals surface area contributed by atoms with Crippen LogP contribution >= 0.6 is 0 Å². The fourth-order valence-electron chi connectivity index (χ4n) is 21.4. The first-order chi connectivity index (χ1) is 31.0. The van der Waals surface area contributed by atoms with Gasteiger partial charge in [0.2, 0.25) is 0 Å². The van der Waals surface area contributed by atoms with E-state index in [4.69, 9.17) is 0 Å². The van der Waals surface area contributed by atoms with Crippen molar-refractivity contribution in [3.05, 3.63) is 24.3 Å². The largest absolute Gasteiger partial charge is 0.299 e. The Morgan fingerprint density at radius 2 is 0.984 bits per heavy atom. The summed E-state index contributed by atoms with van der Waals surface area (Å²) in [6, 6.07) is 1.48. The normalized spacial score (nSPS) is 53.8. The molecule has 1 heterocycles. The quantitative estimate of drug-likeness (QED) is 0.260. The zero-order valence-electron chi connectivity index (χ0n) is 41.0. The Balaban J connectivity index is 0.756. The molecule has 352 valence electrons. The minimum atomic E-state index is 0.562. The molecule has 2 nitrogen and oxygen atoms in total. The van der Waals surface area contributed by atoms with Gasteiger partial charge in [-0.25, -0.2) is 0 Å². The van der Waals surface area contributed by atoms with Crippen molar-refractivity contribution in [1.29, 1.82) is 0 Å². The third-order valence-corrected chi connectivity index (χ3v) is 24.6. The van der Waals surface area contributed by atoms with Gasteiger partial charge >= 0.3 is 0 Å². The number of fused-ring (bicyclic) bond motifs is 5. The Hall–Kier alpha value is -0.600. The maximum absolute atomic E-state index is 4.51. The van der Waals surface area contributed by atoms with E-state index in [1.54, 1.807) is 116 Å². The van der Waals surface area contributed by atoms with E-state index in [-0.39, 0.29) is 0 Å². The molecule has 12 aliphatic rings. The van der Waals surface area contributed by atoms with Crippen molar-refractivity contribution in [2.24, 2.45) is 112 Å². The summed E-state index contributed by atoms with van der Waals surface area (Å²) in [6.45, 7) is 2.69. The Kier molecular flexibility index (Phi) is 13.2. The average Bonchev–Trinajstić information content (AvgIpc) is 3.35. The third kappa shape index (κ3) is 8.74. The summed E-state index contributed by atoms with van der Waals surface area (Å²) < 4.78 is 0. The highest BCUT2D eigenvalue weighted by Gasteiger charge is 2.57. The van der Waals surface area contributed by atoms with Crippen LogP contribution in [0, 0.1) is 112 Å². The molecule has 2 N–H and O–H groups in total. The van der Waals surface area contributed by atoms with E-state index in [0.717, 1.165) is 119 Å². The molecule has 20 atom stereocenters. The highest BCUT2D eigenvalue weighted by Crippen LogP contribution is 2.65. The van der Waals surface area contributed by atoms with Crippen molar-refractivity contribution < 1.29 is 0 Å². The first kappa shape index (κ1) is 43.7. The van der Waals surface area contributed by atoms with Crippen LogP contribution in [0.15, 0.2) is 24.3 Å². The minimum Gasteiger partial charge on any atom is -0.299 e. The van der Waals surface area contributed by atoms with Crippen LogP contribution in [0.4, 0.5) is 0 Å². The standard InChI is InChI=1S/C61H98N2/c1-61-33-12-11-19-51(61)37-48(32-34-61)57-39-56(43-15-3-2-4-16-43)62-60(63-57)44-26-22-42(23-27-44)47-30-31-54-55(38-47)59(50-29-25-41-14-6-8-18-46(41)36-50)53-21-10-9-20-52(53)58(54)49-28-24-40-13-5-7-17-45(40)35-49/h2-3,6,14,40-60,62-63H,4-5,7-13,15-39H2,1H3/t40?,41?,42?,43?,44?,45?,46-,47?,48?,49?,50?,51?,52?,53?,54?,55?,56?,57?,58?,59?,60?,61?/m0/s1. The van der Waals surface area contributed by atoms with Gasteiger partial charge in [0.1, 0.15) is 0 Å². The van der Waals surface area contributed by atoms with Crippen LogP contribution in [-0.4, -0.2) is 18.2 Å². The van der Waals surface area contributed by atoms with Crippen molar-refractivity contribution in [1.82, 2.24) is 10.6 Å². The Morgan fingerprint density at radius 1 is 0.381 bits per heavy atom. The van der Waals surface area contributed by atoms with Crippen LogP contribution in [0.5, 0.6) is 0 Å². The van der Waals surface area contributed by atoms with Crippen molar-refractivity contribution in [3.8, 4) is 0 Å². The lowest BCUT2D eigenvalue weighted by Crippen LogP contribution is -2.65. The molecule has 0 spiro atoms. The number of allylic oxidation sites excluding steroid dienone is 4. The summed E-state index contributed by atoms with van der Waals surface area (Å²) in [7, 11) is 0. The van der Waals surface area contributed by atoms with Crippen LogP contribution in [-0.2, 0) is 0 Å². The summed E-state index contributed by atoms with van der Waals surface area (Å²) in [5, 5.41) is 8.96. The molecule has 0 amide bonds. The highest BCUT2D eigenvalue weighted by molar-refractivity contribution is 5.09. The van der Waals surface area contributed by atoms with Gasteiger partial charge in [0.25, 0.3) is 0 Å². The predicted molar refractivity (Wildman–Crippen MR) is 264 cm³/mol. The van der Waals surface area contributed by atoms with E-state index < -0.39 is 0 Å². The lowest BCUT2D eigenvalue weighted by molar-refractivity contribution is -0.132. The van der Waals surface area contributed by atoms with E-state index in [9.17, 15) is 0 Å². The van der Waals surface area contributed by atoms with Gasteiger partial charge in [0, 0.05) is 12.1 Å². The third-order valence-electron chi connectivity index (χ3n) is 24.6. The molecule has 9 saturated carbocycles. The summed E-state index contributed by atoms with van der Waals surface area (Å²) in [5.74, 6) is 18.5. The van der Waals surface area contributed by atoms with E-state index >= 15 is 0 Å². The van der Waals surface area contributed by atoms with Crippen LogP contribution in [0.25, 0.3) is 0 Å². The molecule has 1 aliphatic heterocycles. The molecule has 1 saturated heterocycles. The monoisotopic (exact) mass is 859 g/mol. The molecule has 12 rings (SSSR count). The zero-order valence-corrected chi connectivity index (χ0v) is 41.0. The topological polar surface area (TPSA) is 24.1 Å². The van der Waals surface area contributed by atoms with E-state index in [2.05, 4.69) is 41.9 Å². The van der Waals surface area contributed by atoms with E-state index in [0.29, 0.717) is 11.6 Å². The van der Waals surface area contributed by atoms with E-state index in [1.165, 1.54) is 103 Å². The Labute approximate surface area is 388 Å². The summed E-state index contributed by atoms with van der Waals surface area (Å²) >= 11 is 0. The first-order valence-electron chi connectivity index (χ1n) is 29.9. The van der Waals surface area contributed by atoms with Gasteiger partial charge in [-0.05, 0) is 279 Å². The second-order valence-electron chi connectivity index (χ2n) is 27.2. The second-order valence-corrected chi connectivity index (χ2v) is 27.2. The van der Waals surface area contributed by atoms with Gasteiger partial charge < -0.3 is 0 Å². The molecule has 19 unspecified atom stereocenters. The second kappa shape index (κ2) is 19.1. The average molecular weight is 859 g/mol. The van der Waals surface area contributed by atoms with Crippen LogP contribution in [0.1, 0.15) is 225 Å². The predicted octanol–water partition coefficient (Wildman–Crippen LogP) is 15.9. The molecule has 10 fully saturated rings. The number of hydrogen-bond donors (Lipinski definition) is 2. The minimum absolute atomic E-state index is 0.562. The van der Waals surface area contributed by atoms with Crippen LogP contribution in [0.2, 0.25) is 0 Å². The summed E-state index contributed by atoms with van der Waals surface area (Å²) in [4.78, 5) is 0. The van der Waals surface area contributed by atoms with Gasteiger partial charge in [-0.2, -0.15) is 0 Å². The maximum Gasteiger partial charge on any atom is 0.0605 e. The number of nitrogens with one attached hydrogen (secondary N) is 2. The molecule has 0 bridgehead atoms. The molecular weight excluding hydrogens is 761 g/mol. The molecule has 0 aromatic carbocycles. The Bertz CT molecular complexity index is 1570. The van der Waals surface area contributed by atoms with Gasteiger partial charge in [0.05, 0.1) is 6.17 Å². The van der Waals surface area contributed by atoms with Crippen molar-refractivity contribution >= 4 is 0 Å². The molecule has 11 aliphatic carbocycles. The molecule has 63 heavy (non-hydrogen) atoms. The molecule has 0 radical (unpaired) electrons. The highest BCUT2D eigenvalue weighted by atomic mass is 15.2. The lowest BCUT2D eigenvalue weighted by Gasteiger charge is -2.62. The lowest BCUT2D eigenvalue weighted by atomic mass is 9.43. The van der Waals surface area contributed by atoms with E-state index in [1.807, 2.05) is 0 Å². The van der Waals surface area contributed by atoms with Gasteiger partial charge in [0.15, 0.2) is 0 Å². The van der Waals surface area contributed by atoms with Crippen LogP contribution in [0.3, 0.4) is 0 Å². The first-order valence-corrected chi connectivity index (χ1v) is 29.9. The molecule has 0 aromatic rings. The SMILES string of the molecule is CC12CCCCC1CC(C1CC(C3CC=CCC3)NC(C3CCC(C4CCC5C(C4)C(C4CCC6C=CCC[C@H]6C4)C4CCCCC4C5C4CCC5CCCCC5C4)CC3)N1)CC2. The van der Waals surface area contributed by atoms with Gasteiger partial charge in [-0.1, -0.05) is 82.6 Å². The smallest absolute Gasteiger partial charge is 0.0605 e. The Morgan fingerprint density at radius 3 is 1.79 bits per heavy atom. The maximum atomic E-state index is 4.51. The van der Waals surface area contributed by atoms with Crippen molar-refractivity contribution in [2.75, 3.05) is 0 Å². The summed E-state index contributed by atoms with van der Waals surface area (Å²) in [6.07, 6.45) is 63.0. The zero-order chi connectivity index (χ0) is 41.9. The molecule has 2 heteroatoms. The summed E-state index contributed by atoms with van der Waals surface area (Å²) in [5.41, 5.74) is 0.656. The molecule has 0 aromatic heterocycles. The molecular formula is C61H98N2. The van der Waals surface area contributed by atoms with Gasteiger partial charge in [-0.3, -0.25) is 10.6 Å². The van der Waals surface area contributed by atoms with Gasteiger partial charge in [-0.15, -0.1) is 0 Å². The van der Waals surface area contributed by atoms with Crippen molar-refractivity contribution in [2.45, 2.75) is 243 Å². The fraction of sp³-hybridized carbons (Fsp3) is 0.934. The van der Waals surface area contributed by atoms with Crippen LogP contribution < -0.4 is 10.6 Å². The fourth-order valence-corrected chi connectivity index (χ4v) is 21.4. The number of hydrogen-bond acceptors (Lipinski definition) is 2. The van der Waals surface area contributed by atoms with Crippen molar-refractivity contribution in [3.63, 3.8) is 0 Å². The number of rotatable bonds is 6.